The molecule has 1 amide bonds. The molecule has 3 N–H and O–H groups in total. The molecule has 1 fully saturated rings. The van der Waals surface area contributed by atoms with Crippen molar-refractivity contribution < 1.29 is 23.1 Å². The Hall–Kier alpha value is -5.20. The average Bonchev–Trinajstić information content (AvgIpc) is 3.41. The summed E-state index contributed by atoms with van der Waals surface area (Å²) in [6.45, 7) is 0.0224. The van der Waals surface area contributed by atoms with E-state index in [1.807, 2.05) is 30.3 Å². The van der Waals surface area contributed by atoms with E-state index in [0.717, 1.165) is 33.8 Å². The van der Waals surface area contributed by atoms with Crippen molar-refractivity contribution in [3.05, 3.63) is 92.5 Å². The number of nitrogens with one attached hydrogen (secondary N) is 1. The number of hydrogen-bond donors (Lipinski definition) is 2. The van der Waals surface area contributed by atoms with Gasteiger partial charge < -0.3 is 10.3 Å². The van der Waals surface area contributed by atoms with Gasteiger partial charge in [-0.25, -0.2) is 8.42 Å². The van der Waals surface area contributed by atoms with Crippen LogP contribution in [0.3, 0.4) is 0 Å². The summed E-state index contributed by atoms with van der Waals surface area (Å²) < 4.78 is 29.9. The Morgan fingerprint density at radius 3 is 2.41 bits per heavy atom. The van der Waals surface area contributed by atoms with Crippen molar-refractivity contribution in [3.8, 4) is 11.4 Å². The Morgan fingerprint density at radius 2 is 1.76 bits per heavy atom. The van der Waals surface area contributed by atoms with Crippen LogP contribution < -0.4 is 11.2 Å². The monoisotopic (exact) mass is 665 g/mol. The highest BCUT2D eigenvalue weighted by molar-refractivity contribution is 7.99. The number of primary amides is 1. The van der Waals surface area contributed by atoms with Crippen molar-refractivity contribution in [1.82, 2.24) is 19.1 Å². The van der Waals surface area contributed by atoms with Crippen LogP contribution in [0.2, 0.25) is 0 Å². The van der Waals surface area contributed by atoms with Crippen LogP contribution in [0.5, 0.6) is 0 Å². The van der Waals surface area contributed by atoms with Crippen molar-refractivity contribution in [3.63, 3.8) is 0 Å². The molecule has 0 bridgehead atoms. The minimum Gasteiger partial charge on any atom is -0.369 e. The van der Waals surface area contributed by atoms with Gasteiger partial charge in [-0.2, -0.15) is 9.41 Å². The van der Waals surface area contributed by atoms with Crippen LogP contribution in [0.4, 0.5) is 17.1 Å². The van der Waals surface area contributed by atoms with E-state index in [0.29, 0.717) is 21.4 Å². The van der Waals surface area contributed by atoms with Gasteiger partial charge in [-0.05, 0) is 36.7 Å². The zero-order valence-electron chi connectivity index (χ0n) is 24.2. The number of carbonyl (C=O) groups excluding carboxylic acids is 1. The van der Waals surface area contributed by atoms with Crippen LogP contribution in [0.25, 0.3) is 11.4 Å². The number of hydrazone groups is 1. The van der Waals surface area contributed by atoms with Crippen LogP contribution in [-0.4, -0.2) is 62.5 Å². The highest BCUT2D eigenvalue weighted by atomic mass is 32.2. The number of anilines is 1. The van der Waals surface area contributed by atoms with Crippen LogP contribution in [0.1, 0.15) is 18.4 Å². The number of nitrogens with two attached hydrogens (primary N) is 1. The second-order valence-electron chi connectivity index (χ2n) is 10.2. The smallest absolute Gasteiger partial charge is 0.283 e. The van der Waals surface area contributed by atoms with Crippen LogP contribution in [-0.2, 0) is 21.9 Å². The number of sulfonamides is 1. The fraction of sp³-hybridized carbons (Fsp3) is 0.214. The van der Waals surface area contributed by atoms with Gasteiger partial charge in [0, 0.05) is 55.4 Å². The summed E-state index contributed by atoms with van der Waals surface area (Å²) in [5.74, 6) is -0.370. The molecule has 3 aromatic carbocycles. The number of piperidine rings is 1. The van der Waals surface area contributed by atoms with Crippen molar-refractivity contribution in [1.29, 1.82) is 0 Å². The van der Waals surface area contributed by atoms with Crippen LogP contribution in [0.15, 0.2) is 86.8 Å². The molecule has 238 valence electrons. The lowest BCUT2D eigenvalue weighted by Gasteiger charge is -2.30. The summed E-state index contributed by atoms with van der Waals surface area (Å²) in [4.78, 5) is 33.6. The number of hydrogen-bond acceptors (Lipinski definition) is 12. The molecule has 0 atom stereocenters. The first kappa shape index (κ1) is 32.2. The molecular formula is C28H27N9O7S2. The van der Waals surface area contributed by atoms with Gasteiger partial charge in [0.25, 0.3) is 11.4 Å². The first-order valence-corrected chi connectivity index (χ1v) is 16.0. The fourth-order valence-electron chi connectivity index (χ4n) is 4.81. The highest BCUT2D eigenvalue weighted by Gasteiger charge is 2.34. The summed E-state index contributed by atoms with van der Waals surface area (Å²) in [7, 11) is -2.47. The molecule has 4 aromatic rings. The molecule has 0 unspecified atom stereocenters. The maximum absolute atomic E-state index is 13.5. The first-order chi connectivity index (χ1) is 22.0. The summed E-state index contributed by atoms with van der Waals surface area (Å²) in [5, 5.41) is 36.3. The third-order valence-corrected chi connectivity index (χ3v) is 10.3. The number of nitrogens with zero attached hydrogens (tertiary/aromatic N) is 7. The molecule has 0 spiro atoms. The Morgan fingerprint density at radius 1 is 1.04 bits per heavy atom. The van der Waals surface area contributed by atoms with Crippen molar-refractivity contribution in [2.75, 3.05) is 18.5 Å². The molecule has 0 aliphatic carbocycles. The van der Waals surface area contributed by atoms with E-state index in [9.17, 15) is 33.4 Å². The molecule has 1 aromatic heterocycles. The van der Waals surface area contributed by atoms with Crippen molar-refractivity contribution >= 4 is 51.0 Å². The summed E-state index contributed by atoms with van der Waals surface area (Å²) in [6, 6.07) is 17.1. The molecule has 2 heterocycles. The van der Waals surface area contributed by atoms with E-state index in [1.54, 1.807) is 23.7 Å². The van der Waals surface area contributed by atoms with Gasteiger partial charge in [-0.1, -0.05) is 36.4 Å². The second kappa shape index (κ2) is 13.4. The van der Waals surface area contributed by atoms with E-state index in [-0.39, 0.29) is 42.2 Å². The summed E-state index contributed by atoms with van der Waals surface area (Å²) in [5.41, 5.74) is 8.42. The number of carbonyl (C=O) groups is 1. The van der Waals surface area contributed by atoms with Gasteiger partial charge in [0.15, 0.2) is 11.0 Å². The van der Waals surface area contributed by atoms with Gasteiger partial charge in [0.05, 0.1) is 26.6 Å². The number of nitro groups is 2. The van der Waals surface area contributed by atoms with E-state index < -0.39 is 37.4 Å². The lowest BCUT2D eigenvalue weighted by Crippen LogP contribution is -2.41. The number of benzene rings is 3. The zero-order valence-corrected chi connectivity index (χ0v) is 25.8. The number of rotatable bonds is 11. The van der Waals surface area contributed by atoms with E-state index >= 15 is 0 Å². The third-order valence-electron chi connectivity index (χ3n) is 7.30. The average molecular weight is 666 g/mol. The molecule has 1 aliphatic rings. The maximum Gasteiger partial charge on any atom is 0.283 e. The van der Waals surface area contributed by atoms with Crippen LogP contribution >= 0.6 is 11.8 Å². The molecule has 1 aliphatic heterocycles. The Bertz CT molecular complexity index is 1940. The van der Waals surface area contributed by atoms with E-state index in [1.165, 1.54) is 18.3 Å². The number of aromatic nitrogens is 3. The fourth-order valence-corrected chi connectivity index (χ4v) is 7.32. The molecular weight excluding hydrogens is 638 g/mol. The number of amides is 1. The van der Waals surface area contributed by atoms with Gasteiger partial charge in [-0.15, -0.1) is 10.2 Å². The number of non-ortho nitro benzene ring substituents is 1. The molecule has 0 radical (unpaired) electrons. The zero-order chi connectivity index (χ0) is 33.0. The largest absolute Gasteiger partial charge is 0.369 e. The van der Waals surface area contributed by atoms with E-state index in [4.69, 9.17) is 5.73 Å². The SMILES string of the molecule is Cn1c(Sc2ccc(/C=N\Nc3ccc([N+](=O)[O-])cc3S(=O)(=O)N3CCC(C(N)=O)CC3)cc2[N+](=O)[O-])nnc1-c1ccccc1. The van der Waals surface area contributed by atoms with Gasteiger partial charge in [-0.3, -0.25) is 30.4 Å². The molecule has 18 heteroatoms. The summed E-state index contributed by atoms with van der Waals surface area (Å²) >= 11 is 1.07. The van der Waals surface area contributed by atoms with E-state index in [2.05, 4.69) is 20.7 Å². The summed E-state index contributed by atoms with van der Waals surface area (Å²) in [6.07, 6.45) is 1.71. The van der Waals surface area contributed by atoms with Crippen molar-refractivity contribution in [2.24, 2.45) is 23.8 Å². The molecule has 16 nitrogen and oxygen atoms in total. The normalized spacial score (nSPS) is 14.4. The molecule has 0 saturated carbocycles. The minimum atomic E-state index is -4.23. The quantitative estimate of drug-likeness (QED) is 0.133. The van der Waals surface area contributed by atoms with Gasteiger partial charge >= 0.3 is 0 Å². The molecule has 5 rings (SSSR count). The van der Waals surface area contributed by atoms with Gasteiger partial charge in [0.2, 0.25) is 15.9 Å². The highest BCUT2D eigenvalue weighted by Crippen LogP contribution is 2.36. The molecule has 1 saturated heterocycles. The minimum absolute atomic E-state index is 0.0112. The van der Waals surface area contributed by atoms with Gasteiger partial charge in [0.1, 0.15) is 4.90 Å². The topological polar surface area (TPSA) is 222 Å². The number of nitro benzene ring substituents is 2. The Kier molecular flexibility index (Phi) is 9.40. The predicted octanol–water partition coefficient (Wildman–Crippen LogP) is 3.78. The van der Waals surface area contributed by atoms with Crippen LogP contribution in [0, 0.1) is 26.1 Å². The predicted molar refractivity (Wildman–Crippen MR) is 169 cm³/mol. The Labute approximate surface area is 266 Å². The lowest BCUT2D eigenvalue weighted by atomic mass is 9.98. The lowest BCUT2D eigenvalue weighted by molar-refractivity contribution is -0.387. The van der Waals surface area contributed by atoms with Crippen molar-refractivity contribution in [2.45, 2.75) is 27.8 Å². The third kappa shape index (κ3) is 6.87. The molecule has 46 heavy (non-hydrogen) atoms. The second-order valence-corrected chi connectivity index (χ2v) is 13.1. The Balaban J connectivity index is 1.37. The standard InChI is InChI=1S/C28H27N9O7S2/c1-34-27(20-5-3-2-4-6-20)32-33-28(34)45-24-10-7-18(15-23(24)37(41)42)17-30-31-22-9-8-21(36(39)40)16-25(22)46(43,44)35-13-11-19(12-14-35)26(29)38/h2-10,15-17,19,31H,11-14H2,1H3,(H2,29,38)/b30-17-. The first-order valence-electron chi connectivity index (χ1n) is 13.7. The maximum atomic E-state index is 13.5.